The second kappa shape index (κ2) is 9.62. The Kier molecular flexibility index (Phi) is 5.68. The summed E-state index contributed by atoms with van der Waals surface area (Å²) in [6.07, 6.45) is 5.46. The number of nitrogens with zero attached hydrogens (tertiary/aromatic N) is 4. The van der Waals surface area contributed by atoms with E-state index in [9.17, 15) is 4.79 Å². The molecule has 2 aromatic carbocycles. The van der Waals surface area contributed by atoms with Crippen LogP contribution in [0, 0.1) is 0 Å². The number of rotatable bonds is 6. The molecule has 0 aliphatic carbocycles. The lowest BCUT2D eigenvalue weighted by atomic mass is 10.1. The maximum Gasteiger partial charge on any atom is 0.228 e. The minimum atomic E-state index is -0.0994. The molecule has 0 aliphatic rings. The Bertz CT molecular complexity index is 1940. The number of nitrogens with one attached hydrogen (secondary N) is 3. The van der Waals surface area contributed by atoms with E-state index in [2.05, 4.69) is 48.0 Å². The van der Waals surface area contributed by atoms with Crippen molar-refractivity contribution >= 4 is 45.0 Å². The lowest BCUT2D eigenvalue weighted by molar-refractivity contribution is -0.115. The lowest BCUT2D eigenvalue weighted by Gasteiger charge is -2.07. The van der Waals surface area contributed by atoms with E-state index in [1.807, 2.05) is 60.7 Å². The van der Waals surface area contributed by atoms with E-state index >= 15 is 0 Å². The molecule has 39 heavy (non-hydrogen) atoms. The first-order chi connectivity index (χ1) is 19.2. The molecule has 8 nitrogen and oxygen atoms in total. The second-order valence-corrected chi connectivity index (χ2v) is 10.1. The monoisotopic (exact) mass is 527 g/mol. The van der Waals surface area contributed by atoms with Gasteiger partial charge in [-0.05, 0) is 35.2 Å². The fraction of sp³-hybridized carbons (Fsp3) is 0.0333. The maximum absolute atomic E-state index is 12.6. The first-order valence-electron chi connectivity index (χ1n) is 12.4. The number of aromatic nitrogens is 6. The Morgan fingerprint density at radius 2 is 1.82 bits per heavy atom. The SMILES string of the molecule is O=C(Cc1ccccc1)Nc1cncc(-c2cnc3[nH]nc(-c4nc5c(-c6cccs6)cccc5[nH]4)c3c2)c1. The number of thiophene rings is 1. The average Bonchev–Trinajstić information content (AvgIpc) is 3.73. The number of benzene rings is 2. The number of hydrogen-bond donors (Lipinski definition) is 3. The zero-order chi connectivity index (χ0) is 26.2. The number of fused-ring (bicyclic) bond motifs is 2. The molecule has 1 amide bonds. The van der Waals surface area contributed by atoms with Crippen LogP contribution in [-0.4, -0.2) is 36.0 Å². The number of hydrogen-bond acceptors (Lipinski definition) is 6. The minimum Gasteiger partial charge on any atom is -0.337 e. The van der Waals surface area contributed by atoms with Crippen molar-refractivity contribution in [2.24, 2.45) is 0 Å². The summed E-state index contributed by atoms with van der Waals surface area (Å²) in [5.74, 6) is 0.567. The number of imidazole rings is 1. The molecule has 0 radical (unpaired) electrons. The topological polar surface area (TPSA) is 112 Å². The highest BCUT2D eigenvalue weighted by molar-refractivity contribution is 7.13. The first kappa shape index (κ1) is 23.0. The Labute approximate surface area is 226 Å². The highest BCUT2D eigenvalue weighted by Gasteiger charge is 2.17. The lowest BCUT2D eigenvalue weighted by Crippen LogP contribution is -2.14. The van der Waals surface area contributed by atoms with Crippen molar-refractivity contribution < 1.29 is 4.79 Å². The second-order valence-electron chi connectivity index (χ2n) is 9.13. The van der Waals surface area contributed by atoms with Gasteiger partial charge >= 0.3 is 0 Å². The normalized spacial score (nSPS) is 11.3. The van der Waals surface area contributed by atoms with Crippen LogP contribution in [0.15, 0.2) is 96.8 Å². The molecule has 0 bridgehead atoms. The molecule has 0 saturated heterocycles. The molecule has 0 unspecified atom stereocenters. The summed E-state index contributed by atoms with van der Waals surface area (Å²) in [6.45, 7) is 0. The van der Waals surface area contributed by atoms with Crippen LogP contribution in [-0.2, 0) is 11.2 Å². The molecule has 0 saturated carbocycles. The molecule has 7 rings (SSSR count). The summed E-state index contributed by atoms with van der Waals surface area (Å²) >= 11 is 1.69. The Hall–Kier alpha value is -5.15. The highest BCUT2D eigenvalue weighted by Crippen LogP contribution is 2.34. The molecule has 188 valence electrons. The van der Waals surface area contributed by atoms with E-state index in [0.29, 0.717) is 29.3 Å². The van der Waals surface area contributed by atoms with Crippen LogP contribution in [0.2, 0.25) is 0 Å². The molecule has 0 spiro atoms. The predicted molar refractivity (Wildman–Crippen MR) is 154 cm³/mol. The van der Waals surface area contributed by atoms with E-state index < -0.39 is 0 Å². The molecule has 5 aromatic heterocycles. The highest BCUT2D eigenvalue weighted by atomic mass is 32.1. The van der Waals surface area contributed by atoms with Crippen molar-refractivity contribution in [1.82, 2.24) is 30.1 Å². The largest absolute Gasteiger partial charge is 0.337 e. The predicted octanol–water partition coefficient (Wildman–Crippen LogP) is 6.47. The molecule has 0 aliphatic heterocycles. The molecule has 0 fully saturated rings. The fourth-order valence-electron chi connectivity index (χ4n) is 4.67. The van der Waals surface area contributed by atoms with Gasteiger partial charge in [-0.2, -0.15) is 5.10 Å². The zero-order valence-corrected chi connectivity index (χ0v) is 21.4. The Morgan fingerprint density at radius 1 is 0.923 bits per heavy atom. The molecule has 7 aromatic rings. The summed E-state index contributed by atoms with van der Waals surface area (Å²) in [7, 11) is 0. The number of amides is 1. The molecule has 0 atom stereocenters. The number of pyridine rings is 2. The van der Waals surface area contributed by atoms with Crippen molar-refractivity contribution in [3.8, 4) is 33.1 Å². The summed E-state index contributed by atoms with van der Waals surface area (Å²) < 4.78 is 0. The fourth-order valence-corrected chi connectivity index (χ4v) is 5.42. The molecule has 3 N–H and O–H groups in total. The molecule has 5 heterocycles. The van der Waals surface area contributed by atoms with Gasteiger partial charge in [0, 0.05) is 34.0 Å². The van der Waals surface area contributed by atoms with Gasteiger partial charge in [-0.3, -0.25) is 14.9 Å². The minimum absolute atomic E-state index is 0.0994. The third kappa shape index (κ3) is 4.45. The van der Waals surface area contributed by atoms with Gasteiger partial charge in [0.1, 0.15) is 5.69 Å². The van der Waals surface area contributed by atoms with E-state index in [1.54, 1.807) is 29.9 Å². The van der Waals surface area contributed by atoms with Gasteiger partial charge in [0.2, 0.25) is 5.91 Å². The Morgan fingerprint density at radius 3 is 2.69 bits per heavy atom. The number of carbonyl (C=O) groups is 1. The first-order valence-corrected chi connectivity index (χ1v) is 13.3. The van der Waals surface area contributed by atoms with Crippen LogP contribution in [0.25, 0.3) is 55.2 Å². The third-order valence-corrected chi connectivity index (χ3v) is 7.41. The Balaban J connectivity index is 1.21. The van der Waals surface area contributed by atoms with Gasteiger partial charge in [0.05, 0.1) is 34.7 Å². The number of aromatic amines is 2. The van der Waals surface area contributed by atoms with Gasteiger partial charge in [0.15, 0.2) is 11.5 Å². The molecular formula is C30H21N7OS. The summed E-state index contributed by atoms with van der Waals surface area (Å²) in [5, 5.41) is 13.4. The van der Waals surface area contributed by atoms with Crippen LogP contribution < -0.4 is 5.32 Å². The van der Waals surface area contributed by atoms with Crippen LogP contribution in [0.4, 0.5) is 5.69 Å². The van der Waals surface area contributed by atoms with Crippen molar-refractivity contribution in [2.75, 3.05) is 5.32 Å². The van der Waals surface area contributed by atoms with Gasteiger partial charge in [-0.1, -0.05) is 48.5 Å². The third-order valence-electron chi connectivity index (χ3n) is 6.50. The summed E-state index contributed by atoms with van der Waals surface area (Å²) in [4.78, 5) is 31.0. The number of anilines is 1. The standard InChI is InChI=1S/C30H21N7OS/c38-26(12-18-6-2-1-3-7-18)33-21-13-19(15-31-17-21)20-14-23-28(36-37-29(23)32-16-20)30-34-24-9-4-8-22(27(24)35-30)25-10-5-11-39-25/h1-11,13-17H,12H2,(H,33,38)(H,34,35)(H,32,36,37). The van der Waals surface area contributed by atoms with E-state index in [-0.39, 0.29) is 5.91 Å². The van der Waals surface area contributed by atoms with E-state index in [0.717, 1.165) is 43.6 Å². The van der Waals surface area contributed by atoms with E-state index in [4.69, 9.17) is 4.98 Å². The van der Waals surface area contributed by atoms with Crippen molar-refractivity contribution in [2.45, 2.75) is 6.42 Å². The maximum atomic E-state index is 12.6. The van der Waals surface area contributed by atoms with Gasteiger partial charge in [0.25, 0.3) is 0 Å². The molecular weight excluding hydrogens is 506 g/mol. The van der Waals surface area contributed by atoms with Crippen LogP contribution in [0.5, 0.6) is 0 Å². The van der Waals surface area contributed by atoms with Crippen molar-refractivity contribution in [3.63, 3.8) is 0 Å². The van der Waals surface area contributed by atoms with Crippen LogP contribution in [0.1, 0.15) is 5.56 Å². The summed E-state index contributed by atoms with van der Waals surface area (Å²) in [6, 6.07) is 23.8. The van der Waals surface area contributed by atoms with Crippen molar-refractivity contribution in [1.29, 1.82) is 0 Å². The number of H-pyrrole nitrogens is 2. The van der Waals surface area contributed by atoms with Gasteiger partial charge in [-0.15, -0.1) is 11.3 Å². The van der Waals surface area contributed by atoms with Gasteiger partial charge < -0.3 is 10.3 Å². The van der Waals surface area contributed by atoms with Gasteiger partial charge in [-0.25, -0.2) is 9.97 Å². The van der Waals surface area contributed by atoms with Crippen LogP contribution >= 0.6 is 11.3 Å². The molecule has 9 heteroatoms. The number of carbonyl (C=O) groups excluding carboxylic acids is 1. The average molecular weight is 528 g/mol. The van der Waals surface area contributed by atoms with Crippen molar-refractivity contribution in [3.05, 3.63) is 102 Å². The van der Waals surface area contributed by atoms with E-state index in [1.165, 1.54) is 0 Å². The smallest absolute Gasteiger partial charge is 0.228 e. The summed E-state index contributed by atoms with van der Waals surface area (Å²) in [5.41, 5.74) is 7.54. The zero-order valence-electron chi connectivity index (χ0n) is 20.6. The van der Waals surface area contributed by atoms with Crippen LogP contribution in [0.3, 0.4) is 0 Å². The quantitative estimate of drug-likeness (QED) is 0.229. The number of para-hydroxylation sites is 1.